The van der Waals surface area contributed by atoms with Crippen LogP contribution in [0.25, 0.3) is 0 Å². The third-order valence-corrected chi connectivity index (χ3v) is 12.3. The van der Waals surface area contributed by atoms with Gasteiger partial charge >= 0.3 is 0 Å². The van der Waals surface area contributed by atoms with Gasteiger partial charge in [-0.2, -0.15) is 0 Å². The van der Waals surface area contributed by atoms with Crippen molar-refractivity contribution in [2.75, 3.05) is 13.2 Å². The summed E-state index contributed by atoms with van der Waals surface area (Å²) in [5, 5.41) is 54.1. The van der Waals surface area contributed by atoms with Gasteiger partial charge in [0, 0.05) is 6.42 Å². The maximum atomic E-state index is 12.9. The monoisotopic (exact) mass is 926 g/mol. The number of hydrogen-bond acceptors (Lipinski definition) is 8. The zero-order valence-corrected chi connectivity index (χ0v) is 41.9. The van der Waals surface area contributed by atoms with Crippen molar-refractivity contribution in [3.8, 4) is 0 Å². The van der Waals surface area contributed by atoms with Crippen LogP contribution >= 0.6 is 0 Å². The summed E-state index contributed by atoms with van der Waals surface area (Å²) in [5.41, 5.74) is 0. The molecule has 9 nitrogen and oxygen atoms in total. The van der Waals surface area contributed by atoms with Crippen molar-refractivity contribution >= 4 is 5.91 Å². The van der Waals surface area contributed by atoms with Gasteiger partial charge in [0.2, 0.25) is 5.91 Å². The molecule has 1 aliphatic rings. The summed E-state index contributed by atoms with van der Waals surface area (Å²) in [7, 11) is 0. The molecule has 0 aromatic rings. The van der Waals surface area contributed by atoms with Crippen LogP contribution in [0.1, 0.15) is 213 Å². The molecule has 1 aliphatic heterocycles. The Morgan fingerprint density at radius 2 is 0.939 bits per heavy atom. The van der Waals surface area contributed by atoms with E-state index in [0.29, 0.717) is 12.8 Å². The average Bonchev–Trinajstić information content (AvgIpc) is 3.32. The Hall–Kier alpha value is -2.63. The largest absolute Gasteiger partial charge is 0.394 e. The molecule has 380 valence electrons. The smallest absolute Gasteiger partial charge is 0.220 e. The minimum Gasteiger partial charge on any atom is -0.394 e. The molecule has 6 N–H and O–H groups in total. The fourth-order valence-corrected chi connectivity index (χ4v) is 8.02. The lowest BCUT2D eigenvalue weighted by molar-refractivity contribution is -0.302. The van der Waals surface area contributed by atoms with Crippen LogP contribution in [0.2, 0.25) is 0 Å². The van der Waals surface area contributed by atoms with E-state index in [1.807, 2.05) is 0 Å². The molecule has 1 amide bonds. The van der Waals surface area contributed by atoms with Gasteiger partial charge in [0.15, 0.2) is 6.29 Å². The molecule has 7 unspecified atom stereocenters. The first-order chi connectivity index (χ1) is 32.3. The molecule has 1 rings (SSSR count). The number of rotatable bonds is 44. The molecule has 0 aromatic heterocycles. The van der Waals surface area contributed by atoms with Gasteiger partial charge < -0.3 is 40.3 Å². The third-order valence-electron chi connectivity index (χ3n) is 12.3. The predicted molar refractivity (Wildman–Crippen MR) is 276 cm³/mol. The maximum absolute atomic E-state index is 12.9. The molecule has 0 aromatic carbocycles. The number of amides is 1. The lowest BCUT2D eigenvalue weighted by Crippen LogP contribution is -2.60. The summed E-state index contributed by atoms with van der Waals surface area (Å²) in [4.78, 5) is 12.9. The molecule has 1 fully saturated rings. The second-order valence-corrected chi connectivity index (χ2v) is 18.3. The van der Waals surface area contributed by atoms with Gasteiger partial charge in [-0.25, -0.2) is 0 Å². The van der Waals surface area contributed by atoms with Gasteiger partial charge in [-0.1, -0.05) is 221 Å². The van der Waals surface area contributed by atoms with E-state index >= 15 is 0 Å². The van der Waals surface area contributed by atoms with Gasteiger partial charge in [-0.3, -0.25) is 4.79 Å². The quantitative estimate of drug-likeness (QED) is 0.0261. The highest BCUT2D eigenvalue weighted by Crippen LogP contribution is 2.23. The number of carbonyl (C=O) groups is 1. The summed E-state index contributed by atoms with van der Waals surface area (Å²) >= 11 is 0. The normalized spacial score (nSPS) is 20.5. The van der Waals surface area contributed by atoms with E-state index in [0.717, 1.165) is 83.5 Å². The van der Waals surface area contributed by atoms with Crippen LogP contribution in [0, 0.1) is 0 Å². The molecule has 1 saturated heterocycles. The van der Waals surface area contributed by atoms with Crippen molar-refractivity contribution in [2.45, 2.75) is 256 Å². The second-order valence-electron chi connectivity index (χ2n) is 18.3. The topological polar surface area (TPSA) is 149 Å². The van der Waals surface area contributed by atoms with Crippen LogP contribution in [0.3, 0.4) is 0 Å². The molecule has 1 heterocycles. The van der Waals surface area contributed by atoms with E-state index in [1.165, 1.54) is 103 Å². The van der Waals surface area contributed by atoms with E-state index in [9.17, 15) is 30.3 Å². The molecule has 0 bridgehead atoms. The van der Waals surface area contributed by atoms with Gasteiger partial charge in [0.25, 0.3) is 0 Å². The lowest BCUT2D eigenvalue weighted by atomic mass is 9.99. The third kappa shape index (κ3) is 35.5. The van der Waals surface area contributed by atoms with E-state index in [1.54, 1.807) is 0 Å². The van der Waals surface area contributed by atoms with E-state index in [-0.39, 0.29) is 12.5 Å². The van der Waals surface area contributed by atoms with Crippen LogP contribution in [-0.4, -0.2) is 87.5 Å². The number of carbonyl (C=O) groups excluding carboxylic acids is 1. The molecule has 0 radical (unpaired) electrons. The predicted octanol–water partition coefficient (Wildman–Crippen LogP) is 12.7. The molecule has 0 saturated carbocycles. The van der Waals surface area contributed by atoms with Gasteiger partial charge in [-0.05, 0) is 70.6 Å². The summed E-state index contributed by atoms with van der Waals surface area (Å²) in [6.45, 7) is 3.64. The highest BCUT2D eigenvalue weighted by atomic mass is 16.7. The minimum absolute atomic E-state index is 0.142. The second kappa shape index (κ2) is 46.1. The first kappa shape index (κ1) is 61.4. The molecular formula is C57H99NO8. The van der Waals surface area contributed by atoms with Crippen molar-refractivity contribution in [3.05, 3.63) is 85.1 Å². The standard InChI is InChI=1S/C57H99NO8/c1-3-5-7-9-11-12-13-14-15-16-17-18-19-20-21-22-23-24-25-26-27-28-29-30-31-32-33-34-35-36-37-38-39-40-41-43-45-47-53(61)58-50(51(60)46-44-42-10-8-6-4-2)49-65-57-56(64)55(63)54(62)52(48-59)66-57/h5,7,11-12,14-15,17-18,20-21,23-24,26-27,50-52,54-57,59-60,62-64H,3-4,6,8-10,13,16,19,22,25,28-49H2,1-2H3,(H,58,61)/b7-5-,12-11-,15-14-,18-17-,21-20-,24-23-,27-26-. The number of aliphatic hydroxyl groups excluding tert-OH is 5. The van der Waals surface area contributed by atoms with E-state index in [4.69, 9.17) is 9.47 Å². The zero-order chi connectivity index (χ0) is 48.0. The fraction of sp³-hybridized carbons (Fsp3) is 0.737. The van der Waals surface area contributed by atoms with Crippen molar-refractivity contribution in [2.24, 2.45) is 0 Å². The van der Waals surface area contributed by atoms with Crippen molar-refractivity contribution in [1.82, 2.24) is 5.32 Å². The number of ether oxygens (including phenoxy) is 2. The Labute approximate surface area is 403 Å². The summed E-state index contributed by atoms with van der Waals surface area (Å²) < 4.78 is 11.2. The highest BCUT2D eigenvalue weighted by molar-refractivity contribution is 5.76. The molecular weight excluding hydrogens is 827 g/mol. The summed E-state index contributed by atoms with van der Waals surface area (Å²) in [5.74, 6) is -0.153. The van der Waals surface area contributed by atoms with Gasteiger partial charge in [0.1, 0.15) is 24.4 Å². The summed E-state index contributed by atoms with van der Waals surface area (Å²) in [6.07, 6.45) is 58.0. The number of aliphatic hydroxyl groups is 5. The maximum Gasteiger partial charge on any atom is 0.220 e. The fourth-order valence-electron chi connectivity index (χ4n) is 8.02. The average molecular weight is 926 g/mol. The van der Waals surface area contributed by atoms with Crippen LogP contribution in [0.4, 0.5) is 0 Å². The molecule has 7 atom stereocenters. The Kier molecular flexibility index (Phi) is 42.9. The van der Waals surface area contributed by atoms with E-state index < -0.39 is 49.5 Å². The number of nitrogens with one attached hydrogen (secondary N) is 1. The first-order valence-corrected chi connectivity index (χ1v) is 26.8. The number of allylic oxidation sites excluding steroid dienone is 14. The van der Waals surface area contributed by atoms with Crippen molar-refractivity contribution in [1.29, 1.82) is 0 Å². The lowest BCUT2D eigenvalue weighted by Gasteiger charge is -2.40. The van der Waals surface area contributed by atoms with Gasteiger partial charge in [-0.15, -0.1) is 0 Å². The Bertz CT molecular complexity index is 1300. The minimum atomic E-state index is -1.55. The first-order valence-electron chi connectivity index (χ1n) is 26.8. The van der Waals surface area contributed by atoms with Crippen LogP contribution < -0.4 is 5.32 Å². The molecule has 0 spiro atoms. The summed E-state index contributed by atoms with van der Waals surface area (Å²) in [6, 6.07) is -0.718. The molecule has 0 aliphatic carbocycles. The van der Waals surface area contributed by atoms with Gasteiger partial charge in [0.05, 0.1) is 25.4 Å². The Morgan fingerprint density at radius 3 is 1.39 bits per heavy atom. The molecule has 9 heteroatoms. The molecule has 66 heavy (non-hydrogen) atoms. The Balaban J connectivity index is 2.03. The number of unbranched alkanes of at least 4 members (excludes halogenated alkanes) is 20. The Morgan fingerprint density at radius 1 is 0.530 bits per heavy atom. The van der Waals surface area contributed by atoms with Crippen molar-refractivity contribution < 1.29 is 39.8 Å². The highest BCUT2D eigenvalue weighted by Gasteiger charge is 2.44. The van der Waals surface area contributed by atoms with Crippen LogP contribution in [-0.2, 0) is 14.3 Å². The van der Waals surface area contributed by atoms with Crippen molar-refractivity contribution in [3.63, 3.8) is 0 Å². The van der Waals surface area contributed by atoms with E-state index in [2.05, 4.69) is 104 Å². The number of hydrogen-bond donors (Lipinski definition) is 6. The van der Waals surface area contributed by atoms with Crippen LogP contribution in [0.5, 0.6) is 0 Å². The SMILES string of the molecule is CC/C=C\C/C=C\C/C=C\C/C=C\C/C=C\C/C=C\C/C=C\CCCCCCCCCCCCCCCCCC(=O)NC(COC1OC(CO)C(O)C(O)C1O)C(O)CCCCCCCC. The van der Waals surface area contributed by atoms with Crippen LogP contribution in [0.15, 0.2) is 85.1 Å². The zero-order valence-electron chi connectivity index (χ0n) is 41.9.